The highest BCUT2D eigenvalue weighted by Gasteiger charge is 2.22. The SMILES string of the molecule is CC(=O)c1ccc(OCC(=O)O[C@@H](C)C(=O)NC(=O)NC(C)(C)C)cc1. The zero-order chi connectivity index (χ0) is 19.9. The third-order valence-electron chi connectivity index (χ3n) is 3.02. The number of hydrogen-bond acceptors (Lipinski definition) is 6. The molecule has 3 amide bonds. The molecule has 1 aromatic carbocycles. The minimum absolute atomic E-state index is 0.0775. The monoisotopic (exact) mass is 364 g/mol. The standard InChI is InChI=1S/C18H24N2O6/c1-11(21)13-6-8-14(9-7-13)25-10-15(22)26-12(2)16(23)19-17(24)20-18(3,4)5/h6-9,12H,10H2,1-5H3,(H2,19,20,23,24)/t12-/m0/s1. The highest BCUT2D eigenvalue weighted by molar-refractivity contribution is 5.97. The van der Waals surface area contributed by atoms with E-state index in [-0.39, 0.29) is 5.78 Å². The van der Waals surface area contributed by atoms with Crippen LogP contribution in [0, 0.1) is 0 Å². The van der Waals surface area contributed by atoms with Crippen LogP contribution in [-0.4, -0.2) is 41.9 Å². The van der Waals surface area contributed by atoms with E-state index in [2.05, 4.69) is 10.6 Å². The van der Waals surface area contributed by atoms with Crippen molar-refractivity contribution in [1.82, 2.24) is 10.6 Å². The molecule has 0 aliphatic carbocycles. The number of hydrogen-bond donors (Lipinski definition) is 2. The third-order valence-corrected chi connectivity index (χ3v) is 3.02. The molecule has 0 aliphatic rings. The first kappa shape index (κ1) is 21.1. The van der Waals surface area contributed by atoms with Gasteiger partial charge in [0.1, 0.15) is 5.75 Å². The van der Waals surface area contributed by atoms with Crippen LogP contribution in [0.25, 0.3) is 0 Å². The second-order valence-corrected chi connectivity index (χ2v) is 6.69. The molecule has 0 heterocycles. The summed E-state index contributed by atoms with van der Waals surface area (Å²) in [7, 11) is 0. The molecule has 26 heavy (non-hydrogen) atoms. The maximum absolute atomic E-state index is 11.8. The number of urea groups is 1. The summed E-state index contributed by atoms with van der Waals surface area (Å²) >= 11 is 0. The maximum atomic E-state index is 11.8. The molecule has 0 bridgehead atoms. The van der Waals surface area contributed by atoms with Crippen molar-refractivity contribution in [2.75, 3.05) is 6.61 Å². The van der Waals surface area contributed by atoms with E-state index in [4.69, 9.17) is 9.47 Å². The van der Waals surface area contributed by atoms with Crippen LogP contribution in [0.15, 0.2) is 24.3 Å². The molecular weight excluding hydrogens is 340 g/mol. The summed E-state index contributed by atoms with van der Waals surface area (Å²) in [5.74, 6) is -1.20. The van der Waals surface area contributed by atoms with Crippen molar-refractivity contribution in [3.05, 3.63) is 29.8 Å². The first-order valence-electron chi connectivity index (χ1n) is 8.04. The summed E-state index contributed by atoms with van der Waals surface area (Å²) in [4.78, 5) is 46.4. The lowest BCUT2D eigenvalue weighted by Crippen LogP contribution is -2.50. The fourth-order valence-electron chi connectivity index (χ4n) is 1.80. The number of imide groups is 1. The molecule has 0 saturated carbocycles. The summed E-state index contributed by atoms with van der Waals surface area (Å²) in [6.07, 6.45) is -1.16. The van der Waals surface area contributed by atoms with Gasteiger partial charge < -0.3 is 14.8 Å². The Kier molecular flexibility index (Phi) is 7.30. The van der Waals surface area contributed by atoms with Gasteiger partial charge in [-0.25, -0.2) is 9.59 Å². The van der Waals surface area contributed by atoms with E-state index in [0.29, 0.717) is 11.3 Å². The molecule has 0 saturated heterocycles. The Morgan fingerprint density at radius 3 is 2.15 bits per heavy atom. The molecule has 8 heteroatoms. The van der Waals surface area contributed by atoms with E-state index in [9.17, 15) is 19.2 Å². The molecule has 0 aliphatic heterocycles. The minimum atomic E-state index is -1.16. The maximum Gasteiger partial charge on any atom is 0.344 e. The molecule has 1 atom stereocenters. The second-order valence-electron chi connectivity index (χ2n) is 6.69. The number of amides is 3. The fraction of sp³-hybridized carbons (Fsp3) is 0.444. The van der Waals surface area contributed by atoms with E-state index in [0.717, 1.165) is 0 Å². The van der Waals surface area contributed by atoms with Crippen molar-refractivity contribution in [3.8, 4) is 5.75 Å². The molecule has 0 aromatic heterocycles. The van der Waals surface area contributed by atoms with Crippen molar-refractivity contribution >= 4 is 23.7 Å². The number of benzene rings is 1. The van der Waals surface area contributed by atoms with Gasteiger partial charge >= 0.3 is 12.0 Å². The lowest BCUT2D eigenvalue weighted by Gasteiger charge is -2.21. The Morgan fingerprint density at radius 1 is 1.08 bits per heavy atom. The van der Waals surface area contributed by atoms with Crippen LogP contribution in [0.3, 0.4) is 0 Å². The van der Waals surface area contributed by atoms with Gasteiger partial charge in [-0.05, 0) is 58.9 Å². The third kappa shape index (κ3) is 7.78. The van der Waals surface area contributed by atoms with Crippen molar-refractivity contribution in [3.63, 3.8) is 0 Å². The molecule has 2 N–H and O–H groups in total. The van der Waals surface area contributed by atoms with Crippen LogP contribution in [0.1, 0.15) is 45.0 Å². The number of ether oxygens (including phenoxy) is 2. The average molecular weight is 364 g/mol. The normalized spacial score (nSPS) is 11.9. The van der Waals surface area contributed by atoms with Gasteiger partial charge in [0.15, 0.2) is 18.5 Å². The molecule has 1 rings (SSSR count). The van der Waals surface area contributed by atoms with Crippen molar-refractivity contribution in [2.45, 2.75) is 46.3 Å². The number of carbonyl (C=O) groups excluding carboxylic acids is 4. The van der Waals surface area contributed by atoms with Crippen molar-refractivity contribution < 1.29 is 28.7 Å². The van der Waals surface area contributed by atoms with E-state index in [1.165, 1.54) is 13.8 Å². The van der Waals surface area contributed by atoms with Crippen LogP contribution in [0.2, 0.25) is 0 Å². The number of esters is 1. The predicted octanol–water partition coefficient (Wildman–Crippen LogP) is 1.82. The van der Waals surface area contributed by atoms with Crippen molar-refractivity contribution in [1.29, 1.82) is 0 Å². The van der Waals surface area contributed by atoms with Gasteiger partial charge in [-0.3, -0.25) is 14.9 Å². The Bertz CT molecular complexity index is 676. The van der Waals surface area contributed by atoms with Crippen LogP contribution in [0.4, 0.5) is 4.79 Å². The predicted molar refractivity (Wildman–Crippen MR) is 93.9 cm³/mol. The largest absolute Gasteiger partial charge is 0.482 e. The smallest absolute Gasteiger partial charge is 0.344 e. The second kappa shape index (κ2) is 8.98. The average Bonchev–Trinajstić information content (AvgIpc) is 2.51. The Labute approximate surface area is 152 Å². The van der Waals surface area contributed by atoms with E-state index >= 15 is 0 Å². The quantitative estimate of drug-likeness (QED) is 0.588. The minimum Gasteiger partial charge on any atom is -0.482 e. The molecule has 0 spiro atoms. The summed E-state index contributed by atoms with van der Waals surface area (Å²) in [6, 6.07) is 5.58. The van der Waals surface area contributed by atoms with Gasteiger partial charge in [-0.2, -0.15) is 0 Å². The Hall–Kier alpha value is -2.90. The summed E-state index contributed by atoms with van der Waals surface area (Å²) in [6.45, 7) is 7.67. The van der Waals surface area contributed by atoms with Gasteiger partial charge in [-0.15, -0.1) is 0 Å². The first-order chi connectivity index (χ1) is 12.0. The Morgan fingerprint density at radius 2 is 1.65 bits per heavy atom. The van der Waals surface area contributed by atoms with E-state index < -0.39 is 36.2 Å². The van der Waals surface area contributed by atoms with Crippen LogP contribution in [-0.2, 0) is 14.3 Å². The highest BCUT2D eigenvalue weighted by atomic mass is 16.6. The molecule has 142 valence electrons. The number of nitrogens with one attached hydrogen (secondary N) is 2. The van der Waals surface area contributed by atoms with Crippen LogP contribution < -0.4 is 15.4 Å². The first-order valence-corrected chi connectivity index (χ1v) is 8.04. The van der Waals surface area contributed by atoms with Gasteiger partial charge in [0.05, 0.1) is 0 Å². The molecule has 0 unspecified atom stereocenters. The number of rotatable bonds is 6. The van der Waals surface area contributed by atoms with Crippen LogP contribution >= 0.6 is 0 Å². The Balaban J connectivity index is 2.42. The molecular formula is C18H24N2O6. The van der Waals surface area contributed by atoms with Crippen LogP contribution in [0.5, 0.6) is 5.75 Å². The van der Waals surface area contributed by atoms with E-state index in [1.807, 2.05) is 0 Å². The lowest BCUT2D eigenvalue weighted by atomic mass is 10.1. The number of Topliss-reactive ketones (excluding diaryl/α,β-unsaturated/α-hetero) is 1. The molecule has 8 nitrogen and oxygen atoms in total. The molecule has 0 fully saturated rings. The van der Waals surface area contributed by atoms with Gasteiger partial charge in [-0.1, -0.05) is 0 Å². The highest BCUT2D eigenvalue weighted by Crippen LogP contribution is 2.12. The lowest BCUT2D eigenvalue weighted by molar-refractivity contribution is -0.156. The summed E-state index contributed by atoms with van der Waals surface area (Å²) in [5.41, 5.74) is 0.0227. The fourth-order valence-corrected chi connectivity index (χ4v) is 1.80. The van der Waals surface area contributed by atoms with Gasteiger partial charge in [0.25, 0.3) is 5.91 Å². The summed E-state index contributed by atoms with van der Waals surface area (Å²) < 4.78 is 10.2. The van der Waals surface area contributed by atoms with E-state index in [1.54, 1.807) is 45.0 Å². The van der Waals surface area contributed by atoms with Crippen molar-refractivity contribution in [2.24, 2.45) is 0 Å². The molecule has 1 aromatic rings. The topological polar surface area (TPSA) is 111 Å². The number of carbonyl (C=O) groups is 4. The summed E-state index contributed by atoms with van der Waals surface area (Å²) in [5, 5.41) is 4.65. The zero-order valence-electron chi connectivity index (χ0n) is 15.5. The van der Waals surface area contributed by atoms with Gasteiger partial charge in [0, 0.05) is 11.1 Å². The number of ketones is 1. The molecule has 0 radical (unpaired) electrons. The van der Waals surface area contributed by atoms with Gasteiger partial charge in [0.2, 0.25) is 0 Å². The zero-order valence-corrected chi connectivity index (χ0v) is 15.5.